The second-order valence-corrected chi connectivity index (χ2v) is 5.11. The summed E-state index contributed by atoms with van der Waals surface area (Å²) in [7, 11) is -3.69. The Morgan fingerprint density at radius 1 is 1.47 bits per heavy atom. The topological polar surface area (TPSA) is 115 Å². The zero-order valence-corrected chi connectivity index (χ0v) is 10.0. The molecule has 0 saturated carbocycles. The van der Waals surface area contributed by atoms with Gasteiger partial charge in [0, 0.05) is 18.7 Å². The summed E-state index contributed by atoms with van der Waals surface area (Å²) in [6.45, 7) is 2.11. The van der Waals surface area contributed by atoms with Crippen molar-refractivity contribution >= 4 is 21.4 Å². The van der Waals surface area contributed by atoms with Gasteiger partial charge in [0.05, 0.1) is 10.6 Å². The third-order valence-electron chi connectivity index (χ3n) is 2.04. The zero-order valence-electron chi connectivity index (χ0n) is 9.21. The molecule has 0 unspecified atom stereocenters. The smallest absolute Gasteiger partial charge is 0.271 e. The van der Waals surface area contributed by atoms with Crippen LogP contribution in [0.15, 0.2) is 23.1 Å². The van der Waals surface area contributed by atoms with Gasteiger partial charge in [0.1, 0.15) is 4.90 Å². The number of hydrogen-bond donors (Lipinski definition) is 2. The van der Waals surface area contributed by atoms with Gasteiger partial charge in [-0.1, -0.05) is 6.92 Å². The van der Waals surface area contributed by atoms with Gasteiger partial charge < -0.3 is 5.73 Å². The van der Waals surface area contributed by atoms with Crippen LogP contribution in [0.25, 0.3) is 0 Å². The van der Waals surface area contributed by atoms with Crippen LogP contribution in [0.2, 0.25) is 0 Å². The van der Waals surface area contributed by atoms with Gasteiger partial charge >= 0.3 is 0 Å². The molecule has 0 aliphatic rings. The monoisotopic (exact) mass is 259 g/mol. The molecular formula is C9H13N3O4S. The summed E-state index contributed by atoms with van der Waals surface area (Å²) < 4.78 is 25.8. The minimum atomic E-state index is -3.69. The van der Waals surface area contributed by atoms with E-state index in [2.05, 4.69) is 4.72 Å². The van der Waals surface area contributed by atoms with Crippen molar-refractivity contribution in [2.24, 2.45) is 0 Å². The van der Waals surface area contributed by atoms with Gasteiger partial charge in [0.25, 0.3) is 5.69 Å². The summed E-state index contributed by atoms with van der Waals surface area (Å²) in [6, 6.07) is 3.27. The molecule has 0 atom stereocenters. The SMILES string of the molecule is CCCNS(=O)(=O)c1ccc([N+](=O)[O-])cc1N. The van der Waals surface area contributed by atoms with Gasteiger partial charge in [-0.3, -0.25) is 10.1 Å². The molecule has 0 spiro atoms. The molecule has 3 N–H and O–H groups in total. The number of nitrogen functional groups attached to an aromatic ring is 1. The largest absolute Gasteiger partial charge is 0.397 e. The van der Waals surface area contributed by atoms with Gasteiger partial charge in [0.15, 0.2) is 0 Å². The number of nitrogens with zero attached hydrogens (tertiary/aromatic N) is 1. The van der Waals surface area contributed by atoms with Gasteiger partial charge in [-0.05, 0) is 12.5 Å². The number of nitrogens with one attached hydrogen (secondary N) is 1. The molecule has 0 aliphatic carbocycles. The lowest BCUT2D eigenvalue weighted by atomic mass is 10.3. The molecule has 0 fully saturated rings. The molecule has 1 rings (SSSR count). The Hall–Kier alpha value is -1.67. The molecule has 0 aromatic heterocycles. The van der Waals surface area contributed by atoms with Crippen LogP contribution in [0.1, 0.15) is 13.3 Å². The average molecular weight is 259 g/mol. The second kappa shape index (κ2) is 5.11. The van der Waals surface area contributed by atoms with Gasteiger partial charge in [-0.25, -0.2) is 13.1 Å². The Labute approximate surface area is 98.8 Å². The molecule has 17 heavy (non-hydrogen) atoms. The number of rotatable bonds is 5. The predicted molar refractivity (Wildman–Crippen MR) is 63.0 cm³/mol. The third-order valence-corrected chi connectivity index (χ3v) is 3.57. The minimum absolute atomic E-state index is 0.136. The van der Waals surface area contributed by atoms with Gasteiger partial charge in [-0.15, -0.1) is 0 Å². The fourth-order valence-electron chi connectivity index (χ4n) is 1.21. The van der Waals surface area contributed by atoms with Crippen LogP contribution in [0.5, 0.6) is 0 Å². The van der Waals surface area contributed by atoms with E-state index in [1.165, 1.54) is 0 Å². The lowest BCUT2D eigenvalue weighted by molar-refractivity contribution is -0.384. The number of sulfonamides is 1. The summed E-state index contributed by atoms with van der Waals surface area (Å²) in [6.07, 6.45) is 0.645. The number of anilines is 1. The maximum Gasteiger partial charge on any atom is 0.271 e. The Morgan fingerprint density at radius 2 is 2.12 bits per heavy atom. The lowest BCUT2D eigenvalue weighted by Crippen LogP contribution is -2.25. The summed E-state index contributed by atoms with van der Waals surface area (Å²) in [5.41, 5.74) is 5.12. The Kier molecular flexibility index (Phi) is 4.02. The number of hydrogen-bond acceptors (Lipinski definition) is 5. The normalized spacial score (nSPS) is 11.4. The number of nitro groups is 1. The van der Waals surface area contributed by atoms with Crippen molar-refractivity contribution in [1.29, 1.82) is 0 Å². The van der Waals surface area contributed by atoms with Crippen LogP contribution in [0, 0.1) is 10.1 Å². The lowest BCUT2D eigenvalue weighted by Gasteiger charge is -2.07. The molecule has 1 aromatic carbocycles. The predicted octanol–water partition coefficient (Wildman–Crippen LogP) is 0.865. The molecule has 7 nitrogen and oxygen atoms in total. The van der Waals surface area contributed by atoms with E-state index in [4.69, 9.17) is 5.73 Å². The number of non-ortho nitro benzene ring substituents is 1. The molecule has 94 valence electrons. The fraction of sp³-hybridized carbons (Fsp3) is 0.333. The first kappa shape index (κ1) is 13.4. The molecule has 0 aliphatic heterocycles. The van der Waals surface area contributed by atoms with Crippen molar-refractivity contribution in [3.63, 3.8) is 0 Å². The van der Waals surface area contributed by atoms with E-state index in [1.807, 2.05) is 6.92 Å². The standard InChI is InChI=1S/C9H13N3O4S/c1-2-5-11-17(15,16)9-4-3-7(12(13)14)6-8(9)10/h3-4,6,11H,2,5,10H2,1H3. The Balaban J connectivity index is 3.12. The quantitative estimate of drug-likeness (QED) is 0.462. The van der Waals surface area contributed by atoms with Crippen molar-refractivity contribution in [1.82, 2.24) is 4.72 Å². The second-order valence-electron chi connectivity index (χ2n) is 3.38. The molecule has 0 saturated heterocycles. The summed E-state index contributed by atoms with van der Waals surface area (Å²) in [4.78, 5) is 9.70. The highest BCUT2D eigenvalue weighted by Gasteiger charge is 2.19. The van der Waals surface area contributed by atoms with E-state index in [0.717, 1.165) is 18.2 Å². The van der Waals surface area contributed by atoms with E-state index in [1.54, 1.807) is 0 Å². The summed E-state index contributed by atoms with van der Waals surface area (Å²) >= 11 is 0. The highest BCUT2D eigenvalue weighted by atomic mass is 32.2. The van der Waals surface area contributed by atoms with Gasteiger partial charge in [0.2, 0.25) is 10.0 Å². The van der Waals surface area contributed by atoms with Crippen molar-refractivity contribution in [3.8, 4) is 0 Å². The zero-order chi connectivity index (χ0) is 13.1. The molecule has 0 amide bonds. The average Bonchev–Trinajstić information content (AvgIpc) is 2.25. The van der Waals surface area contributed by atoms with Crippen LogP contribution >= 0.6 is 0 Å². The molecule has 8 heteroatoms. The maximum absolute atomic E-state index is 11.7. The van der Waals surface area contributed by atoms with Gasteiger partial charge in [-0.2, -0.15) is 0 Å². The Bertz CT molecular complexity index is 527. The first-order chi connectivity index (χ1) is 7.88. The molecule has 0 bridgehead atoms. The third kappa shape index (κ3) is 3.14. The Morgan fingerprint density at radius 3 is 2.59 bits per heavy atom. The number of nitrogens with two attached hydrogens (primary N) is 1. The molecule has 1 aromatic rings. The van der Waals surface area contributed by atoms with E-state index < -0.39 is 14.9 Å². The van der Waals surface area contributed by atoms with Crippen molar-refractivity contribution in [3.05, 3.63) is 28.3 Å². The van der Waals surface area contributed by atoms with Crippen LogP contribution in [-0.4, -0.2) is 19.9 Å². The van der Waals surface area contributed by atoms with E-state index in [9.17, 15) is 18.5 Å². The van der Waals surface area contributed by atoms with E-state index in [-0.39, 0.29) is 16.3 Å². The molecular weight excluding hydrogens is 246 g/mol. The highest BCUT2D eigenvalue weighted by molar-refractivity contribution is 7.89. The number of benzene rings is 1. The van der Waals surface area contributed by atoms with Crippen molar-refractivity contribution < 1.29 is 13.3 Å². The number of nitro benzene ring substituents is 1. The van der Waals surface area contributed by atoms with E-state index >= 15 is 0 Å². The first-order valence-electron chi connectivity index (χ1n) is 4.92. The van der Waals surface area contributed by atoms with Crippen molar-refractivity contribution in [2.45, 2.75) is 18.2 Å². The summed E-state index contributed by atoms with van der Waals surface area (Å²) in [5, 5.41) is 10.5. The highest BCUT2D eigenvalue weighted by Crippen LogP contribution is 2.23. The summed E-state index contributed by atoms with van der Waals surface area (Å²) in [5.74, 6) is 0. The van der Waals surface area contributed by atoms with Crippen LogP contribution < -0.4 is 10.5 Å². The maximum atomic E-state index is 11.7. The molecule has 0 radical (unpaired) electrons. The van der Waals surface area contributed by atoms with Crippen LogP contribution in [0.4, 0.5) is 11.4 Å². The van der Waals surface area contributed by atoms with Crippen molar-refractivity contribution in [2.75, 3.05) is 12.3 Å². The minimum Gasteiger partial charge on any atom is -0.397 e. The van der Waals surface area contributed by atoms with Crippen LogP contribution in [-0.2, 0) is 10.0 Å². The fourth-order valence-corrected chi connectivity index (χ4v) is 2.45. The van der Waals surface area contributed by atoms with Crippen LogP contribution in [0.3, 0.4) is 0 Å². The van der Waals surface area contributed by atoms with E-state index in [0.29, 0.717) is 13.0 Å². The molecule has 0 heterocycles. The first-order valence-corrected chi connectivity index (χ1v) is 6.40.